The van der Waals surface area contributed by atoms with Crippen molar-refractivity contribution in [1.29, 1.82) is 0 Å². The number of rotatable bonds is 9. The highest BCUT2D eigenvalue weighted by atomic mass is 16.7. The van der Waals surface area contributed by atoms with E-state index >= 15 is 0 Å². The van der Waals surface area contributed by atoms with E-state index in [1.54, 1.807) is 18.2 Å². The third-order valence-electron chi connectivity index (χ3n) is 4.65. The Balaban J connectivity index is 2.49. The molecule has 1 aliphatic heterocycles. The van der Waals surface area contributed by atoms with Crippen LogP contribution in [0.5, 0.6) is 5.75 Å². The zero-order valence-electron chi connectivity index (χ0n) is 19.1. The smallest absolute Gasteiger partial charge is 0.303 e. The number of ether oxygens (including phenoxy) is 5. The van der Waals surface area contributed by atoms with E-state index in [0.717, 1.165) is 5.56 Å². The minimum absolute atomic E-state index is 0.300. The van der Waals surface area contributed by atoms with Gasteiger partial charge in [0.2, 0.25) is 12.2 Å². The summed E-state index contributed by atoms with van der Waals surface area (Å²) in [5, 5.41) is 2.66. The van der Waals surface area contributed by atoms with Crippen molar-refractivity contribution in [3.8, 4) is 5.75 Å². The predicted octanol–water partition coefficient (Wildman–Crippen LogP) is 1.45. The van der Waals surface area contributed by atoms with Crippen LogP contribution >= 0.6 is 0 Å². The topological polar surface area (TPSA) is 126 Å². The molecule has 1 amide bonds. The lowest BCUT2D eigenvalue weighted by Crippen LogP contribution is -2.67. The van der Waals surface area contributed by atoms with E-state index in [1.165, 1.54) is 27.7 Å². The Morgan fingerprint density at radius 1 is 1.00 bits per heavy atom. The van der Waals surface area contributed by atoms with Crippen molar-refractivity contribution in [3.05, 3.63) is 42.5 Å². The molecule has 1 fully saturated rings. The van der Waals surface area contributed by atoms with Gasteiger partial charge in [-0.3, -0.25) is 19.2 Å². The Morgan fingerprint density at radius 2 is 1.64 bits per heavy atom. The number of para-hydroxylation sites is 1. The first-order valence-corrected chi connectivity index (χ1v) is 10.4. The second kappa shape index (κ2) is 12.0. The number of hydrogen-bond donors (Lipinski definition) is 1. The average molecular weight is 463 g/mol. The summed E-state index contributed by atoms with van der Waals surface area (Å²) in [5.41, 5.74) is 0.806. The number of carbonyl (C=O) groups excluding carboxylic acids is 4. The molecule has 1 aromatic rings. The summed E-state index contributed by atoms with van der Waals surface area (Å²) < 4.78 is 28.0. The number of hydrogen-bond acceptors (Lipinski definition) is 9. The SMILES string of the molecule is C=CCc1ccccc1O[C@H]1O[C@@H](COC(C)=O)[C@@H](OC(C)=O)[C@H](OC(C)=O)[C@@H]1NC(C)=O. The van der Waals surface area contributed by atoms with Gasteiger partial charge in [0.25, 0.3) is 0 Å². The lowest BCUT2D eigenvalue weighted by atomic mass is 9.96. The summed E-state index contributed by atoms with van der Waals surface area (Å²) in [5.74, 6) is -1.93. The summed E-state index contributed by atoms with van der Waals surface area (Å²) in [7, 11) is 0. The molecule has 5 atom stereocenters. The van der Waals surface area contributed by atoms with Crippen LogP contribution in [0, 0.1) is 0 Å². The second-order valence-corrected chi connectivity index (χ2v) is 7.44. The van der Waals surface area contributed by atoms with Gasteiger partial charge in [0.15, 0.2) is 12.2 Å². The first-order valence-electron chi connectivity index (χ1n) is 10.4. The molecule has 0 aromatic heterocycles. The van der Waals surface area contributed by atoms with Crippen molar-refractivity contribution >= 4 is 23.8 Å². The Kier molecular flexibility index (Phi) is 9.41. The Morgan fingerprint density at radius 3 is 2.21 bits per heavy atom. The van der Waals surface area contributed by atoms with Gasteiger partial charge in [-0.1, -0.05) is 24.3 Å². The van der Waals surface area contributed by atoms with Gasteiger partial charge in [-0.2, -0.15) is 0 Å². The lowest BCUT2D eigenvalue weighted by Gasteiger charge is -2.44. The highest BCUT2D eigenvalue weighted by molar-refractivity contribution is 5.73. The summed E-state index contributed by atoms with van der Waals surface area (Å²) in [4.78, 5) is 47.1. The molecule has 10 heteroatoms. The molecule has 0 bridgehead atoms. The first-order chi connectivity index (χ1) is 15.6. The van der Waals surface area contributed by atoms with Crippen LogP contribution in [0.3, 0.4) is 0 Å². The van der Waals surface area contributed by atoms with Gasteiger partial charge in [-0.15, -0.1) is 6.58 Å². The molecule has 1 N–H and O–H groups in total. The Labute approximate surface area is 192 Å². The molecule has 0 radical (unpaired) electrons. The van der Waals surface area contributed by atoms with Crippen molar-refractivity contribution < 1.29 is 42.9 Å². The number of allylic oxidation sites excluding steroid dienone is 1. The highest BCUT2D eigenvalue weighted by Crippen LogP contribution is 2.30. The van der Waals surface area contributed by atoms with Gasteiger partial charge in [0.1, 0.15) is 24.5 Å². The number of amides is 1. The Hall–Kier alpha value is -3.40. The molecule has 2 rings (SSSR count). The molecular formula is C23H29NO9. The van der Waals surface area contributed by atoms with E-state index in [4.69, 9.17) is 23.7 Å². The quantitative estimate of drug-likeness (QED) is 0.329. The molecule has 1 aliphatic rings. The van der Waals surface area contributed by atoms with Crippen LogP contribution < -0.4 is 10.1 Å². The summed E-state index contributed by atoms with van der Waals surface area (Å²) in [6.07, 6.45) is -2.35. The van der Waals surface area contributed by atoms with Crippen LogP contribution in [0.15, 0.2) is 36.9 Å². The largest absolute Gasteiger partial charge is 0.463 e. The fourth-order valence-corrected chi connectivity index (χ4v) is 3.46. The third-order valence-corrected chi connectivity index (χ3v) is 4.65. The lowest BCUT2D eigenvalue weighted by molar-refractivity contribution is -0.257. The van der Waals surface area contributed by atoms with Gasteiger partial charge < -0.3 is 29.0 Å². The van der Waals surface area contributed by atoms with Crippen LogP contribution in [-0.2, 0) is 44.5 Å². The number of carbonyl (C=O) groups is 4. The number of esters is 3. The maximum Gasteiger partial charge on any atom is 0.303 e. The van der Waals surface area contributed by atoms with Crippen LogP contribution in [0.25, 0.3) is 0 Å². The van der Waals surface area contributed by atoms with Gasteiger partial charge in [0, 0.05) is 27.7 Å². The monoisotopic (exact) mass is 463 g/mol. The van der Waals surface area contributed by atoms with Crippen LogP contribution in [-0.4, -0.2) is 61.1 Å². The molecule has 1 heterocycles. The molecule has 0 spiro atoms. The van der Waals surface area contributed by atoms with Crippen LogP contribution in [0.4, 0.5) is 0 Å². The van der Waals surface area contributed by atoms with Gasteiger partial charge in [-0.05, 0) is 18.1 Å². The van der Waals surface area contributed by atoms with Crippen molar-refractivity contribution in [3.63, 3.8) is 0 Å². The van der Waals surface area contributed by atoms with Crippen molar-refractivity contribution in [2.45, 2.75) is 64.8 Å². The third kappa shape index (κ3) is 7.60. The summed E-state index contributed by atoms with van der Waals surface area (Å²) in [6.45, 7) is 8.29. The maximum absolute atomic E-state index is 12.0. The van der Waals surface area contributed by atoms with E-state index in [1.807, 2.05) is 12.1 Å². The molecule has 1 saturated heterocycles. The van der Waals surface area contributed by atoms with E-state index in [0.29, 0.717) is 12.2 Å². The molecule has 1 aromatic carbocycles. The zero-order valence-corrected chi connectivity index (χ0v) is 19.1. The molecule has 0 unspecified atom stereocenters. The maximum atomic E-state index is 12.0. The fourth-order valence-electron chi connectivity index (χ4n) is 3.46. The van der Waals surface area contributed by atoms with Crippen LogP contribution in [0.2, 0.25) is 0 Å². The van der Waals surface area contributed by atoms with Gasteiger partial charge in [0.05, 0.1) is 0 Å². The Bertz CT molecular complexity index is 884. The number of nitrogens with one attached hydrogen (secondary N) is 1. The van der Waals surface area contributed by atoms with Crippen LogP contribution in [0.1, 0.15) is 33.3 Å². The summed E-state index contributed by atoms with van der Waals surface area (Å²) in [6, 6.07) is 6.11. The standard InChI is InChI=1S/C23H29NO9/c1-6-9-17-10-7-8-11-18(17)32-23-20(24-13(2)25)22(31-16(5)28)21(30-15(4)27)19(33-23)12-29-14(3)26/h6-8,10-11,19-23H,1,9,12H2,2-5H3,(H,24,25)/t19-,20-,21+,22+,23-/m0/s1. The molecule has 180 valence electrons. The first kappa shape index (κ1) is 25.9. The van der Waals surface area contributed by atoms with E-state index < -0.39 is 54.5 Å². The van der Waals surface area contributed by atoms with Crippen molar-refractivity contribution in [2.24, 2.45) is 0 Å². The highest BCUT2D eigenvalue weighted by Gasteiger charge is 2.52. The molecular weight excluding hydrogens is 434 g/mol. The zero-order chi connectivity index (χ0) is 24.5. The summed E-state index contributed by atoms with van der Waals surface area (Å²) >= 11 is 0. The van der Waals surface area contributed by atoms with E-state index in [9.17, 15) is 19.2 Å². The fraction of sp³-hybridized carbons (Fsp3) is 0.478. The van der Waals surface area contributed by atoms with Gasteiger partial charge >= 0.3 is 17.9 Å². The minimum atomic E-state index is -1.18. The number of benzene rings is 1. The van der Waals surface area contributed by atoms with Crippen molar-refractivity contribution in [2.75, 3.05) is 6.61 Å². The molecule has 0 saturated carbocycles. The van der Waals surface area contributed by atoms with Gasteiger partial charge in [-0.25, -0.2) is 0 Å². The van der Waals surface area contributed by atoms with E-state index in [2.05, 4.69) is 11.9 Å². The minimum Gasteiger partial charge on any atom is -0.463 e. The average Bonchev–Trinajstić information content (AvgIpc) is 2.71. The molecule has 10 nitrogen and oxygen atoms in total. The van der Waals surface area contributed by atoms with Crippen molar-refractivity contribution in [1.82, 2.24) is 5.32 Å². The second-order valence-electron chi connectivity index (χ2n) is 7.44. The normalized spacial score (nSPS) is 24.2. The molecule has 33 heavy (non-hydrogen) atoms. The molecule has 0 aliphatic carbocycles. The predicted molar refractivity (Wildman–Crippen MR) is 115 cm³/mol. The van der Waals surface area contributed by atoms with E-state index in [-0.39, 0.29) is 6.61 Å².